The number of carbonyl (C=O) groups excluding carboxylic acids is 3. The third-order valence-corrected chi connectivity index (χ3v) is 6.76. The standard InChI is InChI=1S/C31H46N6O6/c1-9-35(10-2)29-32-20-26(37(21(3)4)22(5)38)27(34-29)33-25(28(39)43-31(6,7)8)19-23-11-13-24(14-12-23)42-30(40)36-15-17-41-18-16-36/h11-14,20-21,25H,9-10,15-19H2,1-8H3,(H,32,33,34)/t25-/m0/s1. The molecule has 2 aromatic rings. The van der Waals surface area contributed by atoms with E-state index >= 15 is 0 Å². The van der Waals surface area contributed by atoms with Crippen LogP contribution in [0.3, 0.4) is 0 Å². The maximum Gasteiger partial charge on any atom is 0.415 e. The van der Waals surface area contributed by atoms with Crippen LogP contribution in [-0.4, -0.2) is 89.9 Å². The Kier molecular flexibility index (Phi) is 11.7. The molecular formula is C31H46N6O6. The van der Waals surface area contributed by atoms with E-state index in [0.29, 0.717) is 62.6 Å². The van der Waals surface area contributed by atoms with Gasteiger partial charge in [0.2, 0.25) is 11.9 Å². The fraction of sp³-hybridized carbons (Fsp3) is 0.581. The van der Waals surface area contributed by atoms with Crippen LogP contribution in [0.5, 0.6) is 5.75 Å². The van der Waals surface area contributed by atoms with Crippen LogP contribution in [0.4, 0.5) is 22.2 Å². The number of rotatable bonds is 11. The molecule has 0 aliphatic carbocycles. The highest BCUT2D eigenvalue weighted by Gasteiger charge is 2.29. The number of morpholine rings is 1. The van der Waals surface area contributed by atoms with E-state index in [9.17, 15) is 14.4 Å². The van der Waals surface area contributed by atoms with E-state index in [-0.39, 0.29) is 18.4 Å². The summed E-state index contributed by atoms with van der Waals surface area (Å²) in [5, 5.41) is 3.29. The van der Waals surface area contributed by atoms with Gasteiger partial charge in [-0.05, 0) is 66.2 Å². The summed E-state index contributed by atoms with van der Waals surface area (Å²) in [4.78, 5) is 53.2. The molecule has 0 bridgehead atoms. The summed E-state index contributed by atoms with van der Waals surface area (Å²) in [6.07, 6.45) is 1.44. The molecule has 0 unspecified atom stereocenters. The van der Waals surface area contributed by atoms with Crippen molar-refractivity contribution in [3.63, 3.8) is 0 Å². The van der Waals surface area contributed by atoms with Gasteiger partial charge in [-0.25, -0.2) is 14.6 Å². The molecule has 1 aliphatic heterocycles. The highest BCUT2D eigenvalue weighted by atomic mass is 16.6. The number of hydrogen-bond donors (Lipinski definition) is 1. The van der Waals surface area contributed by atoms with Crippen molar-refractivity contribution in [1.29, 1.82) is 0 Å². The first-order valence-electron chi connectivity index (χ1n) is 14.9. The summed E-state index contributed by atoms with van der Waals surface area (Å²) < 4.78 is 16.6. The van der Waals surface area contributed by atoms with Gasteiger partial charge in [0.1, 0.15) is 23.1 Å². The maximum absolute atomic E-state index is 13.5. The molecule has 0 radical (unpaired) electrons. The first-order chi connectivity index (χ1) is 20.3. The molecule has 0 spiro atoms. The number of nitrogens with one attached hydrogen (secondary N) is 1. The zero-order valence-electron chi connectivity index (χ0n) is 26.7. The minimum absolute atomic E-state index is 0.173. The summed E-state index contributed by atoms with van der Waals surface area (Å²) in [5.74, 6) is 0.597. The van der Waals surface area contributed by atoms with Crippen molar-refractivity contribution in [2.24, 2.45) is 0 Å². The van der Waals surface area contributed by atoms with Gasteiger partial charge in [0.05, 0.1) is 19.4 Å². The van der Waals surface area contributed by atoms with Gasteiger partial charge < -0.3 is 34.2 Å². The van der Waals surface area contributed by atoms with Crippen molar-refractivity contribution in [2.45, 2.75) is 79.5 Å². The lowest BCUT2D eigenvalue weighted by Crippen LogP contribution is -2.42. The highest BCUT2D eigenvalue weighted by molar-refractivity contribution is 5.95. The van der Waals surface area contributed by atoms with E-state index in [1.54, 1.807) is 40.3 Å². The minimum Gasteiger partial charge on any atom is -0.458 e. The average molecular weight is 599 g/mol. The predicted molar refractivity (Wildman–Crippen MR) is 166 cm³/mol. The summed E-state index contributed by atoms with van der Waals surface area (Å²) >= 11 is 0. The molecule has 1 aromatic heterocycles. The molecule has 1 N–H and O–H groups in total. The number of aromatic nitrogens is 2. The fourth-order valence-corrected chi connectivity index (χ4v) is 4.69. The number of ether oxygens (including phenoxy) is 3. The topological polar surface area (TPSA) is 126 Å². The van der Waals surface area contributed by atoms with Gasteiger partial charge in [-0.15, -0.1) is 0 Å². The van der Waals surface area contributed by atoms with Gasteiger partial charge >= 0.3 is 12.1 Å². The molecule has 1 aliphatic rings. The van der Waals surface area contributed by atoms with Crippen LogP contribution in [0.15, 0.2) is 30.5 Å². The van der Waals surface area contributed by atoms with E-state index < -0.39 is 23.7 Å². The van der Waals surface area contributed by atoms with Gasteiger partial charge in [0.15, 0.2) is 5.82 Å². The summed E-state index contributed by atoms with van der Waals surface area (Å²) in [5.41, 5.74) is 0.553. The van der Waals surface area contributed by atoms with E-state index in [0.717, 1.165) is 5.56 Å². The largest absolute Gasteiger partial charge is 0.458 e. The van der Waals surface area contributed by atoms with Gasteiger partial charge in [-0.2, -0.15) is 4.98 Å². The molecule has 236 valence electrons. The van der Waals surface area contributed by atoms with Crippen molar-refractivity contribution in [1.82, 2.24) is 14.9 Å². The number of nitrogens with zero attached hydrogens (tertiary/aromatic N) is 5. The maximum atomic E-state index is 13.5. The molecule has 3 rings (SSSR count). The second-order valence-corrected chi connectivity index (χ2v) is 11.6. The Balaban J connectivity index is 1.93. The zero-order valence-corrected chi connectivity index (χ0v) is 26.7. The van der Waals surface area contributed by atoms with E-state index in [2.05, 4.69) is 10.3 Å². The lowest BCUT2D eigenvalue weighted by atomic mass is 10.0. The summed E-state index contributed by atoms with van der Waals surface area (Å²) in [7, 11) is 0. The average Bonchev–Trinajstić information content (AvgIpc) is 2.94. The number of hydrogen-bond acceptors (Lipinski definition) is 10. The first kappa shape index (κ1) is 33.6. The lowest BCUT2D eigenvalue weighted by Gasteiger charge is -2.30. The molecule has 2 amide bonds. The predicted octanol–water partition coefficient (Wildman–Crippen LogP) is 4.28. The third-order valence-electron chi connectivity index (χ3n) is 6.76. The van der Waals surface area contributed by atoms with Crippen molar-refractivity contribution in [3.05, 3.63) is 36.0 Å². The summed E-state index contributed by atoms with van der Waals surface area (Å²) in [6, 6.07) is 5.99. The SMILES string of the molecule is CCN(CC)c1ncc(N(C(C)=O)C(C)C)c(N[C@@H](Cc2ccc(OC(=O)N3CCOCC3)cc2)C(=O)OC(C)(C)C)n1. The van der Waals surface area contributed by atoms with Crippen LogP contribution in [0.25, 0.3) is 0 Å². The quantitative estimate of drug-likeness (QED) is 0.375. The van der Waals surface area contributed by atoms with Crippen LogP contribution < -0.4 is 19.9 Å². The van der Waals surface area contributed by atoms with Crippen molar-refractivity contribution in [3.8, 4) is 5.75 Å². The molecule has 2 heterocycles. The fourth-order valence-electron chi connectivity index (χ4n) is 4.69. The molecule has 12 heteroatoms. The number of amides is 2. The van der Waals surface area contributed by atoms with Gasteiger partial charge in [-0.3, -0.25) is 4.79 Å². The van der Waals surface area contributed by atoms with Crippen molar-refractivity contribution < 1.29 is 28.6 Å². The van der Waals surface area contributed by atoms with E-state index in [1.807, 2.05) is 53.4 Å². The monoisotopic (exact) mass is 598 g/mol. The Labute approximate surface area is 254 Å². The van der Waals surface area contributed by atoms with Crippen molar-refractivity contribution >= 4 is 35.4 Å². The van der Waals surface area contributed by atoms with Gasteiger partial charge in [0.25, 0.3) is 0 Å². The Morgan fingerprint density at radius 1 is 1.07 bits per heavy atom. The number of esters is 1. The second-order valence-electron chi connectivity index (χ2n) is 11.6. The Morgan fingerprint density at radius 2 is 1.70 bits per heavy atom. The van der Waals surface area contributed by atoms with E-state index in [4.69, 9.17) is 19.2 Å². The molecule has 1 atom stereocenters. The highest BCUT2D eigenvalue weighted by Crippen LogP contribution is 2.29. The number of carbonyl (C=O) groups is 3. The minimum atomic E-state index is -0.847. The van der Waals surface area contributed by atoms with Crippen LogP contribution in [0.2, 0.25) is 0 Å². The van der Waals surface area contributed by atoms with Crippen LogP contribution in [-0.2, 0) is 25.5 Å². The Morgan fingerprint density at radius 3 is 2.23 bits per heavy atom. The Bertz CT molecular complexity index is 1240. The Hall–Kier alpha value is -3.93. The van der Waals surface area contributed by atoms with Crippen LogP contribution in [0.1, 0.15) is 61.0 Å². The smallest absolute Gasteiger partial charge is 0.415 e. The molecule has 43 heavy (non-hydrogen) atoms. The molecule has 1 fully saturated rings. The summed E-state index contributed by atoms with van der Waals surface area (Å²) in [6.45, 7) is 18.1. The first-order valence-corrected chi connectivity index (χ1v) is 14.9. The molecule has 1 aromatic carbocycles. The second kappa shape index (κ2) is 15.0. The normalized spacial score (nSPS) is 14.2. The van der Waals surface area contributed by atoms with Crippen molar-refractivity contribution in [2.75, 3.05) is 54.5 Å². The lowest BCUT2D eigenvalue weighted by molar-refractivity contribution is -0.155. The molecule has 1 saturated heterocycles. The number of anilines is 3. The van der Waals surface area contributed by atoms with Crippen LogP contribution in [0, 0.1) is 0 Å². The zero-order chi connectivity index (χ0) is 31.7. The van der Waals surface area contributed by atoms with Crippen LogP contribution >= 0.6 is 0 Å². The van der Waals surface area contributed by atoms with Gasteiger partial charge in [-0.1, -0.05) is 12.1 Å². The number of benzene rings is 1. The molecule has 0 saturated carbocycles. The molecular weight excluding hydrogens is 552 g/mol. The molecule has 12 nitrogen and oxygen atoms in total. The van der Waals surface area contributed by atoms with Gasteiger partial charge in [0, 0.05) is 45.6 Å². The van der Waals surface area contributed by atoms with E-state index in [1.165, 1.54) is 6.92 Å². The third kappa shape index (κ3) is 9.54.